The highest BCUT2D eigenvalue weighted by atomic mass is 16.5. The first-order valence-corrected chi connectivity index (χ1v) is 9.85. The molecule has 2 rings (SSSR count). The van der Waals surface area contributed by atoms with E-state index in [2.05, 4.69) is 0 Å². The molecule has 1 aliphatic carbocycles. The van der Waals surface area contributed by atoms with Gasteiger partial charge < -0.3 is 19.6 Å². The minimum Gasteiger partial charge on any atom is -0.480 e. The number of rotatable bonds is 7. The Morgan fingerprint density at radius 3 is 2.38 bits per heavy atom. The summed E-state index contributed by atoms with van der Waals surface area (Å²) in [5.74, 6) is -1.20. The van der Waals surface area contributed by atoms with Crippen molar-refractivity contribution in [3.8, 4) is 0 Å². The zero-order valence-electron chi connectivity index (χ0n) is 16.0. The fraction of sp³-hybridized carbons (Fsp3) is 0.842. The summed E-state index contributed by atoms with van der Waals surface area (Å²) in [6.45, 7) is 4.27. The van der Waals surface area contributed by atoms with Gasteiger partial charge in [-0.15, -0.1) is 0 Å². The lowest BCUT2D eigenvalue weighted by atomic mass is 10.1. The minimum atomic E-state index is -1.01. The summed E-state index contributed by atoms with van der Waals surface area (Å²) in [4.78, 5) is 39.0. The van der Waals surface area contributed by atoms with E-state index in [0.29, 0.717) is 25.9 Å². The third-order valence-corrected chi connectivity index (χ3v) is 5.47. The molecule has 0 bridgehead atoms. The van der Waals surface area contributed by atoms with Crippen molar-refractivity contribution in [3.63, 3.8) is 0 Å². The van der Waals surface area contributed by atoms with Gasteiger partial charge in [0.05, 0.1) is 6.10 Å². The van der Waals surface area contributed by atoms with Gasteiger partial charge in [-0.05, 0) is 38.5 Å². The molecule has 26 heavy (non-hydrogen) atoms. The van der Waals surface area contributed by atoms with E-state index in [1.54, 1.807) is 0 Å². The third-order valence-electron chi connectivity index (χ3n) is 5.47. The van der Waals surface area contributed by atoms with E-state index >= 15 is 0 Å². The van der Waals surface area contributed by atoms with Gasteiger partial charge in [-0.1, -0.05) is 19.8 Å². The monoisotopic (exact) mass is 368 g/mol. The number of carbonyl (C=O) groups excluding carboxylic acids is 2. The topological polar surface area (TPSA) is 87.2 Å². The minimum absolute atomic E-state index is 0.0349. The fourth-order valence-electron chi connectivity index (χ4n) is 4.04. The molecule has 148 valence electrons. The van der Waals surface area contributed by atoms with Gasteiger partial charge in [0.25, 0.3) is 5.91 Å². The predicted molar refractivity (Wildman–Crippen MR) is 96.7 cm³/mol. The molecule has 1 saturated carbocycles. The Hall–Kier alpha value is -1.63. The van der Waals surface area contributed by atoms with Crippen LogP contribution in [0.25, 0.3) is 0 Å². The van der Waals surface area contributed by atoms with Crippen LogP contribution in [0, 0.1) is 0 Å². The molecule has 0 aromatic rings. The summed E-state index contributed by atoms with van der Waals surface area (Å²) < 4.78 is 6.05. The second-order valence-electron chi connectivity index (χ2n) is 7.39. The maximum Gasteiger partial charge on any atom is 0.323 e. The molecule has 2 unspecified atom stereocenters. The number of amides is 2. The summed E-state index contributed by atoms with van der Waals surface area (Å²) in [5.41, 5.74) is 0. The highest BCUT2D eigenvalue weighted by Gasteiger charge is 2.31. The smallest absolute Gasteiger partial charge is 0.323 e. The molecule has 1 heterocycles. The predicted octanol–water partition coefficient (Wildman–Crippen LogP) is 2.04. The zero-order valence-corrected chi connectivity index (χ0v) is 16.0. The number of hydrogen-bond acceptors (Lipinski definition) is 4. The number of hydrogen-bond donors (Lipinski definition) is 1. The molecule has 7 nitrogen and oxygen atoms in total. The Balaban J connectivity index is 1.94. The van der Waals surface area contributed by atoms with Crippen LogP contribution < -0.4 is 0 Å². The number of likely N-dealkylation sites (tertiary alicyclic amines) is 1. The number of aliphatic carboxylic acids is 1. The van der Waals surface area contributed by atoms with E-state index in [9.17, 15) is 14.4 Å². The number of ether oxygens (including phenoxy) is 1. The second-order valence-corrected chi connectivity index (χ2v) is 7.39. The molecule has 0 spiro atoms. The summed E-state index contributed by atoms with van der Waals surface area (Å²) >= 11 is 0. The molecule has 0 radical (unpaired) electrons. The van der Waals surface area contributed by atoms with Crippen molar-refractivity contribution in [2.45, 2.75) is 83.5 Å². The van der Waals surface area contributed by atoms with Crippen molar-refractivity contribution in [1.29, 1.82) is 0 Å². The van der Waals surface area contributed by atoms with Gasteiger partial charge in [-0.3, -0.25) is 14.4 Å². The molecule has 1 N–H and O–H groups in total. The summed E-state index contributed by atoms with van der Waals surface area (Å²) in [6, 6.07) is -0.128. The molecular formula is C19H32N2O5. The van der Waals surface area contributed by atoms with E-state index in [-0.39, 0.29) is 30.5 Å². The number of carboxylic acids is 1. The molecule has 0 aromatic heterocycles. The summed E-state index contributed by atoms with van der Waals surface area (Å²) in [7, 11) is 0. The SMILES string of the molecule is CCC(OC1CCCC1)C(=O)N1CCCC(N(CC(=O)O)C(C)=O)CC1. The van der Waals surface area contributed by atoms with Crippen LogP contribution in [-0.4, -0.2) is 70.6 Å². The van der Waals surface area contributed by atoms with E-state index in [4.69, 9.17) is 9.84 Å². The Labute approximate surface area is 155 Å². The maximum absolute atomic E-state index is 12.9. The van der Waals surface area contributed by atoms with Crippen LogP contribution in [0.1, 0.15) is 65.2 Å². The van der Waals surface area contributed by atoms with E-state index < -0.39 is 12.1 Å². The van der Waals surface area contributed by atoms with Gasteiger partial charge in [0, 0.05) is 26.1 Å². The zero-order chi connectivity index (χ0) is 19.1. The quantitative estimate of drug-likeness (QED) is 0.743. The summed E-state index contributed by atoms with van der Waals surface area (Å²) in [5, 5.41) is 9.04. The van der Waals surface area contributed by atoms with Crippen molar-refractivity contribution in [3.05, 3.63) is 0 Å². The van der Waals surface area contributed by atoms with Gasteiger partial charge in [-0.2, -0.15) is 0 Å². The first-order valence-electron chi connectivity index (χ1n) is 9.85. The van der Waals surface area contributed by atoms with Crippen LogP contribution in [0.4, 0.5) is 0 Å². The largest absolute Gasteiger partial charge is 0.480 e. The lowest BCUT2D eigenvalue weighted by Crippen LogP contribution is -2.44. The van der Waals surface area contributed by atoms with Crippen molar-refractivity contribution in [1.82, 2.24) is 9.80 Å². The number of nitrogens with zero attached hydrogens (tertiary/aromatic N) is 2. The van der Waals surface area contributed by atoms with Crippen LogP contribution >= 0.6 is 0 Å². The highest BCUT2D eigenvalue weighted by molar-refractivity contribution is 5.81. The van der Waals surface area contributed by atoms with Crippen LogP contribution in [0.2, 0.25) is 0 Å². The molecule has 0 aromatic carbocycles. The van der Waals surface area contributed by atoms with Gasteiger partial charge in [0.15, 0.2) is 0 Å². The molecule has 1 aliphatic heterocycles. The standard InChI is InChI=1S/C19H32N2O5/c1-3-17(26-16-8-4-5-9-16)19(25)20-11-6-7-15(10-12-20)21(14(2)22)13-18(23)24/h15-17H,3-13H2,1-2H3,(H,23,24). The van der Waals surface area contributed by atoms with Gasteiger partial charge in [-0.25, -0.2) is 0 Å². The number of carbonyl (C=O) groups is 3. The molecule has 2 atom stereocenters. The first kappa shape index (κ1) is 20.7. The highest BCUT2D eigenvalue weighted by Crippen LogP contribution is 2.24. The Morgan fingerprint density at radius 1 is 1.12 bits per heavy atom. The van der Waals surface area contributed by atoms with E-state index in [1.165, 1.54) is 24.7 Å². The van der Waals surface area contributed by atoms with E-state index in [0.717, 1.165) is 25.7 Å². The van der Waals surface area contributed by atoms with Crippen LogP contribution in [0.5, 0.6) is 0 Å². The van der Waals surface area contributed by atoms with Gasteiger partial charge in [0.2, 0.25) is 5.91 Å². The second kappa shape index (κ2) is 9.90. The molecule has 1 saturated heterocycles. The first-order chi connectivity index (χ1) is 12.4. The lowest BCUT2D eigenvalue weighted by molar-refractivity contribution is -0.148. The average molecular weight is 368 g/mol. The van der Waals surface area contributed by atoms with Crippen molar-refractivity contribution < 1.29 is 24.2 Å². The molecular weight excluding hydrogens is 336 g/mol. The Morgan fingerprint density at radius 2 is 1.81 bits per heavy atom. The lowest BCUT2D eigenvalue weighted by Gasteiger charge is -2.30. The Bertz CT molecular complexity index is 504. The van der Waals surface area contributed by atoms with Gasteiger partial charge in [0.1, 0.15) is 12.6 Å². The van der Waals surface area contributed by atoms with Gasteiger partial charge >= 0.3 is 5.97 Å². The number of carboxylic acid groups (broad SMARTS) is 1. The molecule has 2 amide bonds. The van der Waals surface area contributed by atoms with Crippen LogP contribution in [0.3, 0.4) is 0 Å². The molecule has 7 heteroatoms. The molecule has 2 aliphatic rings. The summed E-state index contributed by atoms with van der Waals surface area (Å²) in [6.07, 6.45) is 6.98. The van der Waals surface area contributed by atoms with Crippen LogP contribution in [0.15, 0.2) is 0 Å². The third kappa shape index (κ3) is 5.69. The molecule has 2 fully saturated rings. The van der Waals surface area contributed by atoms with Crippen molar-refractivity contribution in [2.24, 2.45) is 0 Å². The normalized spacial score (nSPS) is 22.7. The van der Waals surface area contributed by atoms with E-state index in [1.807, 2.05) is 11.8 Å². The average Bonchev–Trinajstić information content (AvgIpc) is 2.99. The Kier molecular flexibility index (Phi) is 7.87. The van der Waals surface area contributed by atoms with Crippen LogP contribution in [-0.2, 0) is 19.1 Å². The van der Waals surface area contributed by atoms with Crippen molar-refractivity contribution in [2.75, 3.05) is 19.6 Å². The van der Waals surface area contributed by atoms with Crippen molar-refractivity contribution >= 4 is 17.8 Å². The fourth-order valence-corrected chi connectivity index (χ4v) is 4.04. The maximum atomic E-state index is 12.9.